The minimum Gasteiger partial charge on any atom is -0.341 e. The molecule has 5 rings (SSSR count). The van der Waals surface area contributed by atoms with Crippen molar-refractivity contribution in [1.29, 1.82) is 0 Å². The van der Waals surface area contributed by atoms with Crippen LogP contribution in [0.5, 0.6) is 0 Å². The molecule has 0 radical (unpaired) electrons. The van der Waals surface area contributed by atoms with E-state index < -0.39 is 6.04 Å². The van der Waals surface area contributed by atoms with Crippen molar-refractivity contribution >= 4 is 22.9 Å². The highest BCUT2D eigenvalue weighted by Gasteiger charge is 2.30. The fourth-order valence-electron chi connectivity index (χ4n) is 4.29. The molecule has 0 aliphatic carbocycles. The number of fused-ring (bicyclic) bond motifs is 1. The van der Waals surface area contributed by atoms with E-state index in [0.29, 0.717) is 41.1 Å². The Labute approximate surface area is 191 Å². The number of amides is 2. The van der Waals surface area contributed by atoms with Gasteiger partial charge in [0.05, 0.1) is 22.3 Å². The minimum atomic E-state index is -0.777. The van der Waals surface area contributed by atoms with E-state index in [0.717, 1.165) is 24.0 Å². The molecule has 2 aromatic heterocycles. The van der Waals surface area contributed by atoms with E-state index >= 15 is 0 Å². The van der Waals surface area contributed by atoms with Crippen molar-refractivity contribution in [3.8, 4) is 11.3 Å². The number of hydrogen-bond donors (Lipinski definition) is 1. The number of nitrogens with zero attached hydrogens (tertiary/aromatic N) is 3. The molecule has 2 aromatic carbocycles. The summed E-state index contributed by atoms with van der Waals surface area (Å²) in [5.74, 6) is -0.463. The van der Waals surface area contributed by atoms with Crippen molar-refractivity contribution < 1.29 is 14.1 Å². The van der Waals surface area contributed by atoms with Gasteiger partial charge in [0, 0.05) is 18.7 Å². The lowest BCUT2D eigenvalue weighted by Crippen LogP contribution is -2.41. The van der Waals surface area contributed by atoms with Crippen LogP contribution in [0.1, 0.15) is 40.5 Å². The lowest BCUT2D eigenvalue weighted by Gasteiger charge is -2.24. The number of aryl methyl sites for hydroxylation is 1. The maximum absolute atomic E-state index is 13.6. The van der Waals surface area contributed by atoms with Crippen LogP contribution in [-0.2, 0) is 4.79 Å². The van der Waals surface area contributed by atoms with Crippen LogP contribution in [-0.4, -0.2) is 39.9 Å². The quantitative estimate of drug-likeness (QED) is 0.500. The van der Waals surface area contributed by atoms with Gasteiger partial charge in [-0.2, -0.15) is 0 Å². The summed E-state index contributed by atoms with van der Waals surface area (Å²) in [5, 5.41) is 7.55. The van der Waals surface area contributed by atoms with Gasteiger partial charge in [0.25, 0.3) is 11.6 Å². The summed E-state index contributed by atoms with van der Waals surface area (Å²) in [6.07, 6.45) is 1.96. The van der Waals surface area contributed by atoms with Gasteiger partial charge in [-0.3, -0.25) is 9.59 Å². The highest BCUT2D eigenvalue weighted by Crippen LogP contribution is 2.28. The van der Waals surface area contributed by atoms with Crippen LogP contribution in [0.4, 0.5) is 0 Å². The lowest BCUT2D eigenvalue weighted by molar-refractivity contribution is -0.132. The van der Waals surface area contributed by atoms with E-state index in [2.05, 4.69) is 15.5 Å². The van der Waals surface area contributed by atoms with E-state index in [1.807, 2.05) is 65.6 Å². The molecule has 0 spiro atoms. The average molecular weight is 441 g/mol. The standard InChI is InChI=1S/C26H24N4O3/c1-17-22-20(16-21(27-25(22)33-29-17)18-10-4-2-5-11-18)24(31)28-23(19-12-6-3-7-13-19)26(32)30-14-8-9-15-30/h2-7,10-13,16,23H,8-9,14-15H2,1H3,(H,28,31). The van der Waals surface area contributed by atoms with Gasteiger partial charge in [0.2, 0.25) is 5.91 Å². The van der Waals surface area contributed by atoms with Gasteiger partial charge in [-0.25, -0.2) is 4.98 Å². The molecule has 166 valence electrons. The van der Waals surface area contributed by atoms with Crippen LogP contribution < -0.4 is 5.32 Å². The summed E-state index contributed by atoms with van der Waals surface area (Å²) in [7, 11) is 0. The Balaban J connectivity index is 1.55. The van der Waals surface area contributed by atoms with Crippen LogP contribution in [0.2, 0.25) is 0 Å². The zero-order valence-electron chi connectivity index (χ0n) is 18.3. The number of nitrogens with one attached hydrogen (secondary N) is 1. The third-order valence-electron chi connectivity index (χ3n) is 6.00. The molecule has 4 aromatic rings. The van der Waals surface area contributed by atoms with Crippen LogP contribution in [0.3, 0.4) is 0 Å². The Morgan fingerprint density at radius 3 is 2.36 bits per heavy atom. The Bertz CT molecular complexity index is 1300. The summed E-state index contributed by atoms with van der Waals surface area (Å²) < 4.78 is 5.40. The van der Waals surface area contributed by atoms with E-state index in [1.165, 1.54) is 0 Å². The second-order valence-electron chi connectivity index (χ2n) is 8.22. The molecule has 1 fully saturated rings. The summed E-state index contributed by atoms with van der Waals surface area (Å²) in [6, 6.07) is 19.9. The van der Waals surface area contributed by atoms with E-state index in [9.17, 15) is 9.59 Å². The van der Waals surface area contributed by atoms with Crippen molar-refractivity contribution in [1.82, 2.24) is 20.4 Å². The van der Waals surface area contributed by atoms with Crippen LogP contribution >= 0.6 is 0 Å². The normalized spacial score (nSPS) is 14.4. The highest BCUT2D eigenvalue weighted by atomic mass is 16.5. The number of aromatic nitrogens is 2. The van der Waals surface area contributed by atoms with Crippen LogP contribution in [0, 0.1) is 6.92 Å². The predicted molar refractivity (Wildman–Crippen MR) is 124 cm³/mol. The smallest absolute Gasteiger partial charge is 0.259 e. The first-order chi connectivity index (χ1) is 16.1. The van der Waals surface area contributed by atoms with E-state index in [1.54, 1.807) is 13.0 Å². The van der Waals surface area contributed by atoms with Crippen molar-refractivity contribution in [2.24, 2.45) is 0 Å². The van der Waals surface area contributed by atoms with Crippen molar-refractivity contribution in [2.45, 2.75) is 25.8 Å². The molecular weight excluding hydrogens is 416 g/mol. The molecule has 1 aliphatic rings. The fourth-order valence-corrected chi connectivity index (χ4v) is 4.29. The Hall–Kier alpha value is -4.00. The van der Waals surface area contributed by atoms with Crippen molar-refractivity contribution in [3.63, 3.8) is 0 Å². The second kappa shape index (κ2) is 8.86. The van der Waals surface area contributed by atoms with Crippen molar-refractivity contribution in [2.75, 3.05) is 13.1 Å². The predicted octanol–water partition coefficient (Wildman–Crippen LogP) is 4.29. The van der Waals surface area contributed by atoms with Gasteiger partial charge >= 0.3 is 0 Å². The molecule has 1 N–H and O–H groups in total. The Kier molecular flexibility index (Phi) is 5.60. The molecule has 0 saturated carbocycles. The molecule has 0 bridgehead atoms. The van der Waals surface area contributed by atoms with Gasteiger partial charge < -0.3 is 14.7 Å². The van der Waals surface area contributed by atoms with Gasteiger partial charge in [-0.15, -0.1) is 0 Å². The fraction of sp³-hybridized carbons (Fsp3) is 0.231. The van der Waals surface area contributed by atoms with Crippen LogP contribution in [0.15, 0.2) is 71.3 Å². The molecule has 7 nitrogen and oxygen atoms in total. The highest BCUT2D eigenvalue weighted by molar-refractivity contribution is 6.08. The molecule has 1 aliphatic heterocycles. The van der Waals surface area contributed by atoms with Gasteiger partial charge in [-0.05, 0) is 31.4 Å². The number of carbonyl (C=O) groups is 2. The SMILES string of the molecule is Cc1noc2nc(-c3ccccc3)cc(C(=O)NC(C(=O)N3CCCC3)c3ccccc3)c12. The molecule has 1 atom stereocenters. The molecule has 1 saturated heterocycles. The molecule has 7 heteroatoms. The summed E-state index contributed by atoms with van der Waals surface area (Å²) >= 11 is 0. The van der Waals surface area contributed by atoms with E-state index in [-0.39, 0.29) is 11.8 Å². The first-order valence-corrected chi connectivity index (χ1v) is 11.1. The summed E-state index contributed by atoms with van der Waals surface area (Å²) in [6.45, 7) is 3.19. The minimum absolute atomic E-state index is 0.0947. The summed E-state index contributed by atoms with van der Waals surface area (Å²) in [4.78, 5) is 33.3. The van der Waals surface area contributed by atoms with E-state index in [4.69, 9.17) is 4.52 Å². The Morgan fingerprint density at radius 1 is 1.00 bits per heavy atom. The molecule has 33 heavy (non-hydrogen) atoms. The molecule has 1 unspecified atom stereocenters. The first kappa shape index (κ1) is 20.9. The molecule has 3 heterocycles. The first-order valence-electron chi connectivity index (χ1n) is 11.1. The number of pyridine rings is 1. The zero-order chi connectivity index (χ0) is 22.8. The van der Waals surface area contributed by atoms with Crippen molar-refractivity contribution in [3.05, 3.63) is 83.6 Å². The number of rotatable bonds is 5. The van der Waals surface area contributed by atoms with Gasteiger partial charge in [0.1, 0.15) is 6.04 Å². The summed E-state index contributed by atoms with van der Waals surface area (Å²) in [5.41, 5.74) is 3.46. The second-order valence-corrected chi connectivity index (χ2v) is 8.22. The molecular formula is C26H24N4O3. The number of carbonyl (C=O) groups excluding carboxylic acids is 2. The number of hydrogen-bond acceptors (Lipinski definition) is 5. The van der Waals surface area contributed by atoms with Crippen LogP contribution in [0.25, 0.3) is 22.4 Å². The number of likely N-dealkylation sites (tertiary alicyclic amines) is 1. The average Bonchev–Trinajstić information content (AvgIpc) is 3.53. The maximum Gasteiger partial charge on any atom is 0.259 e. The largest absolute Gasteiger partial charge is 0.341 e. The monoisotopic (exact) mass is 440 g/mol. The van der Waals surface area contributed by atoms with Gasteiger partial charge in [0.15, 0.2) is 0 Å². The molecule has 2 amide bonds. The van der Waals surface area contributed by atoms with Gasteiger partial charge in [-0.1, -0.05) is 65.8 Å². The third-order valence-corrected chi connectivity index (χ3v) is 6.00. The lowest BCUT2D eigenvalue weighted by atomic mass is 10.0. The third kappa shape index (κ3) is 4.09. The maximum atomic E-state index is 13.6. The number of benzene rings is 2. The topological polar surface area (TPSA) is 88.3 Å². The Morgan fingerprint density at radius 2 is 1.67 bits per heavy atom. The zero-order valence-corrected chi connectivity index (χ0v) is 18.3.